The second kappa shape index (κ2) is 6.45. The molecule has 1 N–H and O–H groups in total. The standard InChI is InChI=1S/C11H20N2O2/c1-3-6-12-11(14)13-7-4-10(5-8-13)9-15-2/h4H,3,5-9H2,1-2H3,(H,12,14). The molecule has 0 fully saturated rings. The Hall–Kier alpha value is -1.03. The van der Waals surface area contributed by atoms with Crippen LogP contribution in [0.4, 0.5) is 4.79 Å². The Morgan fingerprint density at radius 2 is 2.47 bits per heavy atom. The molecule has 0 aromatic heterocycles. The Balaban J connectivity index is 2.32. The first-order valence-electron chi connectivity index (χ1n) is 5.47. The molecular weight excluding hydrogens is 192 g/mol. The number of rotatable bonds is 4. The summed E-state index contributed by atoms with van der Waals surface area (Å²) >= 11 is 0. The van der Waals surface area contributed by atoms with Gasteiger partial charge >= 0.3 is 6.03 Å². The second-order valence-corrected chi connectivity index (χ2v) is 3.72. The average molecular weight is 212 g/mol. The lowest BCUT2D eigenvalue weighted by molar-refractivity contribution is 0.194. The van der Waals surface area contributed by atoms with Crippen molar-refractivity contribution in [3.05, 3.63) is 11.6 Å². The summed E-state index contributed by atoms with van der Waals surface area (Å²) in [6.45, 7) is 4.99. The van der Waals surface area contributed by atoms with Gasteiger partial charge in [0.1, 0.15) is 0 Å². The highest BCUT2D eigenvalue weighted by Crippen LogP contribution is 2.10. The van der Waals surface area contributed by atoms with Crippen molar-refractivity contribution in [3.8, 4) is 0 Å². The number of methoxy groups -OCH3 is 1. The molecular formula is C11H20N2O2. The summed E-state index contributed by atoms with van der Waals surface area (Å²) < 4.78 is 5.05. The van der Waals surface area contributed by atoms with E-state index in [0.29, 0.717) is 13.2 Å². The molecule has 0 aliphatic carbocycles. The molecule has 0 saturated heterocycles. The summed E-state index contributed by atoms with van der Waals surface area (Å²) in [4.78, 5) is 13.4. The minimum absolute atomic E-state index is 0.0459. The zero-order chi connectivity index (χ0) is 11.1. The van der Waals surface area contributed by atoms with Gasteiger partial charge in [-0.2, -0.15) is 0 Å². The van der Waals surface area contributed by atoms with Crippen LogP contribution in [0.1, 0.15) is 19.8 Å². The quantitative estimate of drug-likeness (QED) is 0.715. The highest BCUT2D eigenvalue weighted by atomic mass is 16.5. The number of hydrogen-bond donors (Lipinski definition) is 1. The van der Waals surface area contributed by atoms with Crippen LogP contribution in [0.3, 0.4) is 0 Å². The highest BCUT2D eigenvalue weighted by Gasteiger charge is 2.15. The van der Waals surface area contributed by atoms with E-state index in [4.69, 9.17) is 4.74 Å². The van der Waals surface area contributed by atoms with E-state index in [0.717, 1.165) is 25.9 Å². The number of urea groups is 1. The molecule has 0 aromatic carbocycles. The summed E-state index contributed by atoms with van der Waals surface area (Å²) in [5.74, 6) is 0. The monoisotopic (exact) mass is 212 g/mol. The van der Waals surface area contributed by atoms with Gasteiger partial charge in [-0.15, -0.1) is 0 Å². The van der Waals surface area contributed by atoms with E-state index in [1.54, 1.807) is 7.11 Å². The number of nitrogens with one attached hydrogen (secondary N) is 1. The largest absolute Gasteiger partial charge is 0.380 e. The highest BCUT2D eigenvalue weighted by molar-refractivity contribution is 5.74. The van der Waals surface area contributed by atoms with Crippen LogP contribution in [0.25, 0.3) is 0 Å². The Labute approximate surface area is 91.3 Å². The van der Waals surface area contributed by atoms with Crippen molar-refractivity contribution in [2.45, 2.75) is 19.8 Å². The number of nitrogens with zero attached hydrogens (tertiary/aromatic N) is 1. The van der Waals surface area contributed by atoms with E-state index < -0.39 is 0 Å². The Morgan fingerprint density at radius 3 is 3.00 bits per heavy atom. The van der Waals surface area contributed by atoms with Crippen molar-refractivity contribution in [2.24, 2.45) is 0 Å². The van der Waals surface area contributed by atoms with E-state index in [1.165, 1.54) is 5.57 Å². The maximum absolute atomic E-state index is 11.6. The molecule has 0 atom stereocenters. The molecule has 1 aliphatic heterocycles. The summed E-state index contributed by atoms with van der Waals surface area (Å²) in [7, 11) is 1.70. The number of carbonyl (C=O) groups excluding carboxylic acids is 1. The fourth-order valence-electron chi connectivity index (χ4n) is 1.56. The van der Waals surface area contributed by atoms with Gasteiger partial charge in [0.2, 0.25) is 0 Å². The number of amides is 2. The van der Waals surface area contributed by atoms with Gasteiger partial charge in [0.15, 0.2) is 0 Å². The van der Waals surface area contributed by atoms with Crippen LogP contribution in [0.15, 0.2) is 11.6 Å². The number of carbonyl (C=O) groups is 1. The first-order chi connectivity index (χ1) is 7.27. The van der Waals surface area contributed by atoms with Crippen molar-refractivity contribution in [1.82, 2.24) is 10.2 Å². The Morgan fingerprint density at radius 1 is 1.67 bits per heavy atom. The van der Waals surface area contributed by atoms with Crippen LogP contribution in [0.5, 0.6) is 0 Å². The topological polar surface area (TPSA) is 41.6 Å². The van der Waals surface area contributed by atoms with E-state index in [-0.39, 0.29) is 6.03 Å². The molecule has 0 aromatic rings. The lowest BCUT2D eigenvalue weighted by atomic mass is 10.1. The third-order valence-electron chi connectivity index (χ3n) is 2.45. The molecule has 4 heteroatoms. The van der Waals surface area contributed by atoms with Gasteiger partial charge in [0, 0.05) is 26.7 Å². The Bertz CT molecular complexity index is 239. The molecule has 0 saturated carbocycles. The predicted octanol–water partition coefficient (Wildman–Crippen LogP) is 1.38. The summed E-state index contributed by atoms with van der Waals surface area (Å²) in [6, 6.07) is 0.0459. The summed E-state index contributed by atoms with van der Waals surface area (Å²) in [5, 5.41) is 2.88. The first kappa shape index (κ1) is 12.0. The number of hydrogen-bond acceptors (Lipinski definition) is 2. The molecule has 4 nitrogen and oxygen atoms in total. The van der Waals surface area contributed by atoms with Gasteiger partial charge in [-0.05, 0) is 18.4 Å². The van der Waals surface area contributed by atoms with Gasteiger partial charge in [0.25, 0.3) is 0 Å². The van der Waals surface area contributed by atoms with E-state index >= 15 is 0 Å². The molecule has 0 unspecified atom stereocenters. The van der Waals surface area contributed by atoms with Crippen LogP contribution >= 0.6 is 0 Å². The fourth-order valence-corrected chi connectivity index (χ4v) is 1.56. The normalized spacial score (nSPS) is 16.1. The lowest BCUT2D eigenvalue weighted by Crippen LogP contribution is -2.42. The Kier molecular flexibility index (Phi) is 5.18. The summed E-state index contributed by atoms with van der Waals surface area (Å²) in [5.41, 5.74) is 1.29. The smallest absolute Gasteiger partial charge is 0.317 e. The van der Waals surface area contributed by atoms with Gasteiger partial charge in [-0.1, -0.05) is 13.0 Å². The van der Waals surface area contributed by atoms with Crippen molar-refractivity contribution in [2.75, 3.05) is 33.4 Å². The molecule has 1 heterocycles. The molecule has 1 aliphatic rings. The minimum atomic E-state index is 0.0459. The van der Waals surface area contributed by atoms with Crippen molar-refractivity contribution in [3.63, 3.8) is 0 Å². The predicted molar refractivity (Wildman–Crippen MR) is 59.8 cm³/mol. The van der Waals surface area contributed by atoms with Crippen molar-refractivity contribution >= 4 is 6.03 Å². The fraction of sp³-hybridized carbons (Fsp3) is 0.727. The van der Waals surface area contributed by atoms with Gasteiger partial charge in [-0.3, -0.25) is 0 Å². The van der Waals surface area contributed by atoms with Crippen LogP contribution < -0.4 is 5.32 Å². The van der Waals surface area contributed by atoms with Gasteiger partial charge in [0.05, 0.1) is 6.61 Å². The lowest BCUT2D eigenvalue weighted by Gasteiger charge is -2.26. The summed E-state index contributed by atoms with van der Waals surface area (Å²) in [6.07, 6.45) is 3.98. The average Bonchev–Trinajstić information content (AvgIpc) is 2.27. The molecule has 1 rings (SSSR count). The zero-order valence-electron chi connectivity index (χ0n) is 9.58. The molecule has 2 amide bonds. The molecule has 86 valence electrons. The van der Waals surface area contributed by atoms with Crippen molar-refractivity contribution < 1.29 is 9.53 Å². The van der Waals surface area contributed by atoms with Crippen LogP contribution in [0, 0.1) is 0 Å². The third-order valence-corrected chi connectivity index (χ3v) is 2.45. The maximum Gasteiger partial charge on any atom is 0.317 e. The molecule has 0 radical (unpaired) electrons. The van der Waals surface area contributed by atoms with Crippen LogP contribution in [-0.4, -0.2) is 44.3 Å². The number of ether oxygens (including phenoxy) is 1. The van der Waals surface area contributed by atoms with Crippen LogP contribution in [-0.2, 0) is 4.74 Å². The zero-order valence-corrected chi connectivity index (χ0v) is 9.58. The first-order valence-corrected chi connectivity index (χ1v) is 5.47. The minimum Gasteiger partial charge on any atom is -0.380 e. The molecule has 0 bridgehead atoms. The molecule has 15 heavy (non-hydrogen) atoms. The second-order valence-electron chi connectivity index (χ2n) is 3.72. The van der Waals surface area contributed by atoms with E-state index in [2.05, 4.69) is 11.4 Å². The van der Waals surface area contributed by atoms with Gasteiger partial charge < -0.3 is 15.0 Å². The third kappa shape index (κ3) is 3.91. The van der Waals surface area contributed by atoms with E-state index in [9.17, 15) is 4.79 Å². The van der Waals surface area contributed by atoms with E-state index in [1.807, 2.05) is 11.8 Å². The van der Waals surface area contributed by atoms with Gasteiger partial charge in [-0.25, -0.2) is 4.79 Å². The van der Waals surface area contributed by atoms with Crippen molar-refractivity contribution in [1.29, 1.82) is 0 Å². The maximum atomic E-state index is 11.6. The molecule has 0 spiro atoms. The van der Waals surface area contributed by atoms with Crippen LogP contribution in [0.2, 0.25) is 0 Å². The SMILES string of the molecule is CCCNC(=O)N1CC=C(COC)CC1.